The molecule has 10 heteroatoms. The van der Waals surface area contributed by atoms with Crippen LogP contribution in [0.1, 0.15) is 0 Å². The van der Waals surface area contributed by atoms with Crippen molar-refractivity contribution < 1.29 is 45.3 Å². The molecule has 2 aliphatic rings. The number of hydrogen-bond acceptors (Lipinski definition) is 4. The highest BCUT2D eigenvalue weighted by atomic mass is 19.4. The van der Waals surface area contributed by atoms with E-state index in [-0.39, 0.29) is 13.2 Å². The van der Waals surface area contributed by atoms with Gasteiger partial charge in [-0.2, -0.15) is 26.3 Å². The van der Waals surface area contributed by atoms with Crippen LogP contribution in [-0.4, -0.2) is 63.2 Å². The highest BCUT2D eigenvalue weighted by molar-refractivity contribution is 4.96. The summed E-state index contributed by atoms with van der Waals surface area (Å²) in [6, 6.07) is 0. The Labute approximate surface area is 109 Å². The van der Waals surface area contributed by atoms with Gasteiger partial charge in [0, 0.05) is 0 Å². The largest absolute Gasteiger partial charge is 0.411 e. The molecule has 2 aliphatic heterocycles. The van der Waals surface area contributed by atoms with E-state index in [1.807, 2.05) is 0 Å². The van der Waals surface area contributed by atoms with Crippen molar-refractivity contribution in [2.24, 2.45) is 0 Å². The molecule has 118 valence electrons. The van der Waals surface area contributed by atoms with Crippen molar-refractivity contribution >= 4 is 0 Å². The maximum absolute atomic E-state index is 12.0. The molecule has 0 aromatic rings. The molecule has 2 heterocycles. The highest BCUT2D eigenvalue weighted by Gasteiger charge is 2.50. The molecule has 0 aromatic heterocycles. The van der Waals surface area contributed by atoms with Crippen LogP contribution in [0.2, 0.25) is 0 Å². The van der Waals surface area contributed by atoms with Crippen molar-refractivity contribution in [1.82, 2.24) is 0 Å². The zero-order chi connectivity index (χ0) is 15.0. The monoisotopic (exact) mass is 310 g/mol. The van der Waals surface area contributed by atoms with Crippen LogP contribution in [0.15, 0.2) is 0 Å². The number of rotatable bonds is 4. The van der Waals surface area contributed by atoms with E-state index in [2.05, 4.69) is 9.47 Å². The summed E-state index contributed by atoms with van der Waals surface area (Å²) >= 11 is 0. The van der Waals surface area contributed by atoms with Gasteiger partial charge in [0.05, 0.1) is 13.2 Å². The summed E-state index contributed by atoms with van der Waals surface area (Å²) in [5.74, 6) is 0. The van der Waals surface area contributed by atoms with Crippen LogP contribution >= 0.6 is 0 Å². The van der Waals surface area contributed by atoms with Crippen LogP contribution in [0.5, 0.6) is 0 Å². The molecule has 0 bridgehead atoms. The fraction of sp³-hybridized carbons (Fsp3) is 1.00. The lowest BCUT2D eigenvalue weighted by Crippen LogP contribution is -2.36. The normalized spacial score (nSPS) is 34.5. The smallest absolute Gasteiger partial charge is 0.370 e. The van der Waals surface area contributed by atoms with E-state index < -0.39 is 50.0 Å². The first kappa shape index (κ1) is 15.8. The van der Waals surface area contributed by atoms with Crippen molar-refractivity contribution in [3.05, 3.63) is 0 Å². The standard InChI is InChI=1S/C10H12F6O4/c11-9(12,13)3-19-5-1-17-8-6(2-18-7(5)8)20-4-10(14,15)16/h5-8H,1-4H2. The van der Waals surface area contributed by atoms with E-state index in [0.717, 1.165) is 0 Å². The minimum atomic E-state index is -4.48. The first-order valence-electron chi connectivity index (χ1n) is 5.76. The van der Waals surface area contributed by atoms with Gasteiger partial charge in [-0.25, -0.2) is 0 Å². The van der Waals surface area contributed by atoms with Crippen LogP contribution < -0.4 is 0 Å². The van der Waals surface area contributed by atoms with Crippen molar-refractivity contribution in [3.63, 3.8) is 0 Å². The van der Waals surface area contributed by atoms with Gasteiger partial charge in [-0.3, -0.25) is 0 Å². The van der Waals surface area contributed by atoms with Crippen molar-refractivity contribution in [2.45, 2.75) is 36.8 Å². The number of fused-ring (bicyclic) bond motifs is 1. The second-order valence-corrected chi connectivity index (χ2v) is 4.53. The van der Waals surface area contributed by atoms with Crippen LogP contribution in [-0.2, 0) is 18.9 Å². The van der Waals surface area contributed by atoms with Gasteiger partial charge in [0.15, 0.2) is 0 Å². The predicted molar refractivity (Wildman–Crippen MR) is 51.1 cm³/mol. The van der Waals surface area contributed by atoms with Gasteiger partial charge in [-0.1, -0.05) is 0 Å². The minimum Gasteiger partial charge on any atom is -0.370 e. The first-order valence-corrected chi connectivity index (χ1v) is 5.76. The third-order valence-electron chi connectivity index (χ3n) is 2.88. The molecule has 0 N–H and O–H groups in total. The summed E-state index contributed by atoms with van der Waals surface area (Å²) in [6.45, 7) is -3.25. The fourth-order valence-corrected chi connectivity index (χ4v) is 2.12. The Bertz CT molecular complexity index is 299. The van der Waals surface area contributed by atoms with Gasteiger partial charge in [0.1, 0.15) is 37.6 Å². The number of hydrogen-bond donors (Lipinski definition) is 0. The summed E-state index contributed by atoms with van der Waals surface area (Å²) in [6.07, 6.45) is -12.6. The Morgan fingerprint density at radius 1 is 0.750 bits per heavy atom. The Morgan fingerprint density at radius 2 is 1.10 bits per heavy atom. The molecule has 4 atom stereocenters. The Kier molecular flexibility index (Phi) is 4.47. The average Bonchev–Trinajstić information content (AvgIpc) is 2.82. The van der Waals surface area contributed by atoms with Gasteiger partial charge >= 0.3 is 12.4 Å². The molecule has 4 nitrogen and oxygen atoms in total. The molecule has 0 radical (unpaired) electrons. The van der Waals surface area contributed by atoms with E-state index in [1.165, 1.54) is 0 Å². The minimum absolute atomic E-state index is 0.169. The average molecular weight is 310 g/mol. The van der Waals surface area contributed by atoms with Crippen molar-refractivity contribution in [3.8, 4) is 0 Å². The lowest BCUT2D eigenvalue weighted by molar-refractivity contribution is -0.195. The van der Waals surface area contributed by atoms with Gasteiger partial charge < -0.3 is 18.9 Å². The zero-order valence-corrected chi connectivity index (χ0v) is 10.0. The quantitative estimate of drug-likeness (QED) is 0.740. The predicted octanol–water partition coefficient (Wildman–Crippen LogP) is 1.68. The molecule has 0 saturated carbocycles. The van der Waals surface area contributed by atoms with Crippen LogP contribution in [0.4, 0.5) is 26.3 Å². The van der Waals surface area contributed by atoms with Crippen molar-refractivity contribution in [2.75, 3.05) is 26.4 Å². The number of ether oxygens (including phenoxy) is 4. The molecule has 0 spiro atoms. The number of alkyl halides is 6. The van der Waals surface area contributed by atoms with Crippen LogP contribution in [0.3, 0.4) is 0 Å². The van der Waals surface area contributed by atoms with Gasteiger partial charge in [0.25, 0.3) is 0 Å². The molecular formula is C10H12F6O4. The molecule has 0 aliphatic carbocycles. The SMILES string of the molecule is FC(F)(F)COC1COC2C(OCC(F)(F)F)COC12. The van der Waals surface area contributed by atoms with E-state index in [0.29, 0.717) is 0 Å². The van der Waals surface area contributed by atoms with Crippen molar-refractivity contribution in [1.29, 1.82) is 0 Å². The Hall–Kier alpha value is -0.580. The van der Waals surface area contributed by atoms with Gasteiger partial charge in [-0.05, 0) is 0 Å². The van der Waals surface area contributed by atoms with Crippen LogP contribution in [0.25, 0.3) is 0 Å². The Balaban J connectivity index is 1.82. The van der Waals surface area contributed by atoms with E-state index >= 15 is 0 Å². The summed E-state index contributed by atoms with van der Waals surface area (Å²) in [7, 11) is 0. The summed E-state index contributed by atoms with van der Waals surface area (Å²) in [5, 5.41) is 0. The lowest BCUT2D eigenvalue weighted by Gasteiger charge is -2.18. The topological polar surface area (TPSA) is 36.9 Å². The molecule has 4 unspecified atom stereocenters. The summed E-state index contributed by atoms with van der Waals surface area (Å²) < 4.78 is 91.6. The third kappa shape index (κ3) is 4.21. The molecule has 0 amide bonds. The fourth-order valence-electron chi connectivity index (χ4n) is 2.12. The molecule has 0 aromatic carbocycles. The Morgan fingerprint density at radius 3 is 1.40 bits per heavy atom. The molecule has 2 fully saturated rings. The number of halogens is 6. The summed E-state index contributed by atoms with van der Waals surface area (Å²) in [4.78, 5) is 0. The van der Waals surface area contributed by atoms with E-state index in [1.54, 1.807) is 0 Å². The maximum Gasteiger partial charge on any atom is 0.411 e. The van der Waals surface area contributed by atoms with Gasteiger partial charge in [0.2, 0.25) is 0 Å². The van der Waals surface area contributed by atoms with E-state index in [4.69, 9.17) is 9.47 Å². The maximum atomic E-state index is 12.0. The second-order valence-electron chi connectivity index (χ2n) is 4.53. The zero-order valence-electron chi connectivity index (χ0n) is 10.0. The molecular weight excluding hydrogens is 298 g/mol. The first-order chi connectivity index (χ1) is 9.16. The summed E-state index contributed by atoms with van der Waals surface area (Å²) in [5.41, 5.74) is 0. The molecule has 2 saturated heterocycles. The second kappa shape index (κ2) is 5.66. The third-order valence-corrected chi connectivity index (χ3v) is 2.88. The van der Waals surface area contributed by atoms with E-state index in [9.17, 15) is 26.3 Å². The van der Waals surface area contributed by atoms with Gasteiger partial charge in [-0.15, -0.1) is 0 Å². The van der Waals surface area contributed by atoms with Crippen LogP contribution in [0, 0.1) is 0 Å². The lowest BCUT2D eigenvalue weighted by atomic mass is 10.1. The molecule has 20 heavy (non-hydrogen) atoms. The molecule has 2 rings (SSSR count). The highest BCUT2D eigenvalue weighted by Crippen LogP contribution is 2.32.